The van der Waals surface area contributed by atoms with Crippen molar-refractivity contribution in [1.29, 1.82) is 0 Å². The topological polar surface area (TPSA) is 95.9 Å². The Labute approximate surface area is 221 Å². The molecule has 1 saturated heterocycles. The number of aromatic hydroxyl groups is 1. The minimum Gasteiger partial charge on any atom is -0.504 e. The summed E-state index contributed by atoms with van der Waals surface area (Å²) in [5, 5.41) is 24.6. The molecule has 1 aromatic carbocycles. The number of phenolic OH excluding ortho intramolecular Hbond substituents is 1. The number of carbonyl (C=O) groups is 2. The van der Waals surface area contributed by atoms with Crippen LogP contribution in [0.25, 0.3) is 0 Å². The average Bonchev–Trinajstić information content (AvgIpc) is 3.37. The van der Waals surface area contributed by atoms with Gasteiger partial charge in [0, 0.05) is 31.2 Å². The van der Waals surface area contributed by atoms with E-state index >= 15 is 0 Å². The molecule has 3 N–H and O–H groups in total. The number of aliphatic hydroxyl groups excluding tert-OH is 1. The molecule has 5 rings (SSSR count). The van der Waals surface area contributed by atoms with E-state index in [0.29, 0.717) is 53.6 Å². The number of methoxy groups -OCH3 is 1. The van der Waals surface area contributed by atoms with E-state index in [1.165, 1.54) is 45.6 Å². The molecule has 0 radical (unpaired) electrons. The van der Waals surface area contributed by atoms with Gasteiger partial charge in [0.15, 0.2) is 11.5 Å². The number of aryl methyl sites for hydroxylation is 1. The summed E-state index contributed by atoms with van der Waals surface area (Å²) in [5.41, 5.74) is 1.32. The molecule has 3 aliphatic carbocycles. The van der Waals surface area contributed by atoms with Crippen LogP contribution in [0.1, 0.15) is 89.0 Å². The van der Waals surface area contributed by atoms with E-state index < -0.39 is 6.10 Å². The first-order valence-electron chi connectivity index (χ1n) is 14.7. The number of fused-ring (bicyclic) bond motifs is 1. The highest BCUT2D eigenvalue weighted by Gasteiger charge is 2.47. The molecule has 0 bridgehead atoms. The minimum atomic E-state index is -0.544. The molecule has 1 aliphatic heterocycles. The molecule has 204 valence electrons. The largest absolute Gasteiger partial charge is 0.504 e. The summed E-state index contributed by atoms with van der Waals surface area (Å²) in [6.45, 7) is 1.03. The number of hydrogen-bond acceptors (Lipinski definition) is 6. The van der Waals surface area contributed by atoms with Crippen molar-refractivity contribution in [2.75, 3.05) is 13.7 Å². The first-order valence-corrected chi connectivity index (χ1v) is 14.7. The molecule has 0 amide bonds. The van der Waals surface area contributed by atoms with E-state index in [2.05, 4.69) is 5.32 Å². The molecule has 3 saturated carbocycles. The zero-order valence-corrected chi connectivity index (χ0v) is 22.4. The van der Waals surface area contributed by atoms with Crippen molar-refractivity contribution >= 4 is 11.6 Å². The number of Topliss-reactive ketones (excluding diaryl/α,β-unsaturated/α-hetero) is 2. The highest BCUT2D eigenvalue weighted by atomic mass is 16.5. The zero-order valence-electron chi connectivity index (χ0n) is 22.4. The van der Waals surface area contributed by atoms with Gasteiger partial charge in [-0.2, -0.15) is 0 Å². The predicted molar refractivity (Wildman–Crippen MR) is 143 cm³/mol. The van der Waals surface area contributed by atoms with Crippen molar-refractivity contribution in [3.8, 4) is 11.5 Å². The van der Waals surface area contributed by atoms with Gasteiger partial charge in [-0.05, 0) is 105 Å². The Balaban J connectivity index is 1.15. The van der Waals surface area contributed by atoms with E-state index in [-0.39, 0.29) is 17.5 Å². The normalized spacial score (nSPS) is 33.6. The van der Waals surface area contributed by atoms with Gasteiger partial charge in [-0.25, -0.2) is 0 Å². The number of aliphatic hydroxyl groups is 1. The number of ether oxygens (including phenoxy) is 1. The van der Waals surface area contributed by atoms with Gasteiger partial charge in [-0.15, -0.1) is 0 Å². The Bertz CT molecular complexity index is 970. The lowest BCUT2D eigenvalue weighted by molar-refractivity contribution is -0.129. The van der Waals surface area contributed by atoms with Gasteiger partial charge in [-0.1, -0.05) is 18.9 Å². The molecule has 0 spiro atoms. The van der Waals surface area contributed by atoms with Crippen molar-refractivity contribution in [2.45, 2.75) is 102 Å². The maximum Gasteiger partial charge on any atom is 0.160 e. The lowest BCUT2D eigenvalue weighted by Crippen LogP contribution is -2.52. The standard InChI is InChI=1S/C31H45NO5/c1-37-30-15-20(6-11-28(30)35)5-10-27(34)25-9-4-21(14-29(25)36)18-31(12-2-3-13-31)23-16-22-7-8-24(33)17-26(22)32-19-23/h6,11,15,21-23,25-26,29,32,35-36H,2-5,7-10,12-14,16-19H2,1H3/t21-,22+,23+,25-,26+,29+/m0/s1. The zero-order chi connectivity index (χ0) is 26.0. The number of nitrogens with one attached hydrogen (secondary N) is 1. The molecule has 0 aromatic heterocycles. The van der Waals surface area contributed by atoms with E-state index in [0.717, 1.165) is 50.6 Å². The molecular weight excluding hydrogens is 466 g/mol. The van der Waals surface area contributed by atoms with Crippen LogP contribution in [-0.4, -0.2) is 47.6 Å². The third-order valence-electron chi connectivity index (χ3n) is 10.4. The Morgan fingerprint density at radius 1 is 1.16 bits per heavy atom. The summed E-state index contributed by atoms with van der Waals surface area (Å²) >= 11 is 0. The number of piperidine rings is 1. The van der Waals surface area contributed by atoms with Crippen LogP contribution in [-0.2, 0) is 16.0 Å². The third kappa shape index (κ3) is 5.90. The summed E-state index contributed by atoms with van der Waals surface area (Å²) in [5.74, 6) is 2.64. The van der Waals surface area contributed by atoms with Crippen LogP contribution in [0.4, 0.5) is 0 Å². The highest BCUT2D eigenvalue weighted by molar-refractivity contribution is 5.82. The Morgan fingerprint density at radius 2 is 1.97 bits per heavy atom. The minimum absolute atomic E-state index is 0.101. The van der Waals surface area contributed by atoms with Gasteiger partial charge in [0.05, 0.1) is 13.2 Å². The van der Waals surface area contributed by atoms with Crippen molar-refractivity contribution in [1.82, 2.24) is 5.32 Å². The third-order valence-corrected chi connectivity index (χ3v) is 10.4. The van der Waals surface area contributed by atoms with Crippen LogP contribution in [0.5, 0.6) is 11.5 Å². The van der Waals surface area contributed by atoms with Gasteiger partial charge in [0.2, 0.25) is 0 Å². The van der Waals surface area contributed by atoms with Crippen LogP contribution in [0.3, 0.4) is 0 Å². The second kappa shape index (κ2) is 11.4. The average molecular weight is 512 g/mol. The number of ketones is 2. The first-order chi connectivity index (χ1) is 17.9. The van der Waals surface area contributed by atoms with Crippen LogP contribution < -0.4 is 10.1 Å². The molecule has 6 nitrogen and oxygen atoms in total. The fraction of sp³-hybridized carbons (Fsp3) is 0.742. The number of hydrogen-bond donors (Lipinski definition) is 3. The maximum absolute atomic E-state index is 13.0. The molecule has 6 atom stereocenters. The number of carbonyl (C=O) groups excluding carboxylic acids is 2. The smallest absolute Gasteiger partial charge is 0.160 e. The van der Waals surface area contributed by atoms with E-state index in [9.17, 15) is 19.8 Å². The van der Waals surface area contributed by atoms with Crippen molar-refractivity contribution < 1.29 is 24.5 Å². The maximum atomic E-state index is 13.0. The molecule has 4 aliphatic rings. The van der Waals surface area contributed by atoms with Crippen molar-refractivity contribution in [3.05, 3.63) is 23.8 Å². The first kappa shape index (κ1) is 26.7. The summed E-state index contributed by atoms with van der Waals surface area (Å²) in [6, 6.07) is 5.60. The van der Waals surface area contributed by atoms with Gasteiger partial charge >= 0.3 is 0 Å². The molecule has 1 aromatic rings. The Kier molecular flexibility index (Phi) is 8.25. The molecule has 37 heavy (non-hydrogen) atoms. The summed E-state index contributed by atoms with van der Waals surface area (Å²) < 4.78 is 5.18. The predicted octanol–water partition coefficient (Wildman–Crippen LogP) is 4.98. The molecular formula is C31H45NO5. The second-order valence-corrected chi connectivity index (χ2v) is 12.6. The summed E-state index contributed by atoms with van der Waals surface area (Å²) in [6.07, 6.45) is 13.2. The van der Waals surface area contributed by atoms with Crippen LogP contribution >= 0.6 is 0 Å². The van der Waals surface area contributed by atoms with Gasteiger partial charge in [-0.3, -0.25) is 9.59 Å². The van der Waals surface area contributed by atoms with Crippen LogP contribution in [0, 0.1) is 29.1 Å². The van der Waals surface area contributed by atoms with E-state index in [1.807, 2.05) is 6.07 Å². The summed E-state index contributed by atoms with van der Waals surface area (Å²) in [4.78, 5) is 25.0. The van der Waals surface area contributed by atoms with Crippen LogP contribution in [0.2, 0.25) is 0 Å². The Hall–Kier alpha value is -1.92. The van der Waals surface area contributed by atoms with E-state index in [1.54, 1.807) is 12.1 Å². The lowest BCUT2D eigenvalue weighted by atomic mass is 9.60. The second-order valence-electron chi connectivity index (χ2n) is 12.6. The van der Waals surface area contributed by atoms with Gasteiger partial charge < -0.3 is 20.3 Å². The highest BCUT2D eigenvalue weighted by Crippen LogP contribution is 2.54. The molecule has 0 unspecified atom stereocenters. The van der Waals surface area contributed by atoms with E-state index in [4.69, 9.17) is 4.74 Å². The fourth-order valence-corrected chi connectivity index (χ4v) is 8.35. The lowest BCUT2D eigenvalue weighted by Gasteiger charge is -2.48. The molecule has 4 fully saturated rings. The van der Waals surface area contributed by atoms with Crippen molar-refractivity contribution in [3.63, 3.8) is 0 Å². The SMILES string of the molecule is COc1cc(CCC(=O)[C@@H]2CC[C@H](CC3([C@H]4CN[C@@H]5CC(=O)CC[C@@H]5C4)CCCC3)C[C@H]2O)ccc1O. The Morgan fingerprint density at radius 3 is 2.73 bits per heavy atom. The van der Waals surface area contributed by atoms with Gasteiger partial charge in [0.1, 0.15) is 11.6 Å². The quantitative estimate of drug-likeness (QED) is 0.456. The van der Waals surface area contributed by atoms with Gasteiger partial charge in [0.25, 0.3) is 0 Å². The van der Waals surface area contributed by atoms with Crippen LogP contribution in [0.15, 0.2) is 18.2 Å². The summed E-state index contributed by atoms with van der Waals surface area (Å²) in [7, 11) is 1.52. The number of rotatable bonds is 8. The molecule has 1 heterocycles. The monoisotopic (exact) mass is 511 g/mol. The number of benzene rings is 1. The number of phenols is 1. The molecule has 6 heteroatoms. The van der Waals surface area contributed by atoms with Crippen molar-refractivity contribution in [2.24, 2.45) is 29.1 Å². The fourth-order valence-electron chi connectivity index (χ4n) is 8.35.